The number of carbonyl (C=O) groups excluding carboxylic acids is 1. The van der Waals surface area contributed by atoms with E-state index in [1.54, 1.807) is 0 Å². The van der Waals surface area contributed by atoms with E-state index in [-0.39, 0.29) is 33.8 Å². The van der Waals surface area contributed by atoms with Crippen molar-refractivity contribution in [3.63, 3.8) is 0 Å². The van der Waals surface area contributed by atoms with Crippen molar-refractivity contribution in [3.8, 4) is 10.6 Å². The Labute approximate surface area is 157 Å². The number of aromatic nitrogens is 1. The summed E-state index contributed by atoms with van der Waals surface area (Å²) in [5.41, 5.74) is -0.0939. The Balaban J connectivity index is 2.06. The van der Waals surface area contributed by atoms with Gasteiger partial charge in [0, 0.05) is 26.2 Å². The van der Waals surface area contributed by atoms with E-state index in [1.165, 1.54) is 19.2 Å². The first-order chi connectivity index (χ1) is 12.6. The lowest BCUT2D eigenvalue weighted by Crippen LogP contribution is -2.30. The molecule has 0 fully saturated rings. The van der Waals surface area contributed by atoms with Crippen molar-refractivity contribution in [1.82, 2.24) is 14.8 Å². The first-order valence-electron chi connectivity index (χ1n) is 7.56. The maximum Gasteiger partial charge on any atom is 0.452 e. The maximum atomic E-state index is 12.6. The van der Waals surface area contributed by atoms with Gasteiger partial charge in [0.05, 0.1) is 4.88 Å². The monoisotopic (exact) mass is 423 g/mol. The number of nitrogens with zero attached hydrogens (tertiary/aromatic N) is 2. The predicted molar refractivity (Wildman–Crippen MR) is 92.5 cm³/mol. The van der Waals surface area contributed by atoms with Crippen molar-refractivity contribution < 1.29 is 30.9 Å². The molecule has 0 aliphatic rings. The summed E-state index contributed by atoms with van der Waals surface area (Å²) < 4.78 is 68.1. The van der Waals surface area contributed by atoms with Gasteiger partial charge in [0.2, 0.25) is 11.7 Å². The molecule has 12 heteroatoms. The van der Waals surface area contributed by atoms with E-state index in [0.717, 1.165) is 21.7 Å². The molecular weight excluding hydrogens is 407 g/mol. The quantitative estimate of drug-likeness (QED) is 0.521. The number of halogens is 3. The lowest BCUT2D eigenvalue weighted by molar-refractivity contribution is -0.155. The van der Waals surface area contributed by atoms with E-state index >= 15 is 0 Å². The van der Waals surface area contributed by atoms with Gasteiger partial charge in [-0.3, -0.25) is 4.79 Å². The van der Waals surface area contributed by atoms with E-state index in [0.29, 0.717) is 12.5 Å². The Bertz CT molecular complexity index is 919. The summed E-state index contributed by atoms with van der Waals surface area (Å²) in [6, 6.07) is 3.38. The van der Waals surface area contributed by atoms with Crippen LogP contribution in [0.4, 0.5) is 13.2 Å². The highest BCUT2D eigenvalue weighted by molar-refractivity contribution is 7.91. The predicted octanol–water partition coefficient (Wildman–Crippen LogP) is 2.73. The van der Waals surface area contributed by atoms with Crippen LogP contribution < -0.4 is 5.32 Å². The van der Waals surface area contributed by atoms with Crippen LogP contribution in [0.15, 0.2) is 39.6 Å². The van der Waals surface area contributed by atoms with Gasteiger partial charge in [-0.15, -0.1) is 11.3 Å². The van der Waals surface area contributed by atoms with Gasteiger partial charge in [0.1, 0.15) is 9.90 Å². The van der Waals surface area contributed by atoms with Crippen LogP contribution in [0.5, 0.6) is 0 Å². The lowest BCUT2D eigenvalue weighted by Gasteiger charge is -2.15. The largest absolute Gasteiger partial charge is 0.452 e. The molecule has 2 aromatic rings. The minimum atomic E-state index is -4.67. The summed E-state index contributed by atoms with van der Waals surface area (Å²) in [6.45, 7) is 3.73. The van der Waals surface area contributed by atoms with Gasteiger partial charge in [0.25, 0.3) is 10.0 Å². The second-order valence-corrected chi connectivity index (χ2v) is 8.72. The van der Waals surface area contributed by atoms with E-state index in [1.807, 2.05) is 0 Å². The number of alkyl halides is 3. The molecule has 1 N–H and O–H groups in total. The summed E-state index contributed by atoms with van der Waals surface area (Å²) in [5, 5.41) is 5.87. The molecular formula is C15H16F3N3O4S2. The third kappa shape index (κ3) is 5.17. The Hall–Kier alpha value is -2.18. The normalized spacial score (nSPS) is 12.3. The molecule has 1 amide bonds. The second kappa shape index (κ2) is 8.23. The highest BCUT2D eigenvalue weighted by atomic mass is 32.2. The van der Waals surface area contributed by atoms with Crippen LogP contribution in [0.25, 0.3) is 10.6 Å². The highest BCUT2D eigenvalue weighted by Gasteiger charge is 2.36. The van der Waals surface area contributed by atoms with E-state index in [9.17, 15) is 26.4 Å². The SMILES string of the molecule is C=CC(=O)NCCCN(C)S(=O)(=O)c1ccc(-c2cc(C(F)(F)F)on2)s1. The van der Waals surface area contributed by atoms with E-state index in [4.69, 9.17) is 0 Å². The van der Waals surface area contributed by atoms with E-state index < -0.39 is 22.0 Å². The number of rotatable bonds is 8. The zero-order chi connectivity index (χ0) is 20.2. The number of amides is 1. The average Bonchev–Trinajstić information content (AvgIpc) is 3.26. The molecule has 2 rings (SSSR count). The molecule has 2 aromatic heterocycles. The number of sulfonamides is 1. The molecule has 7 nitrogen and oxygen atoms in total. The van der Waals surface area contributed by atoms with Crippen molar-refractivity contribution >= 4 is 27.3 Å². The summed E-state index contributed by atoms with van der Waals surface area (Å²) in [5.74, 6) is -1.61. The molecule has 0 aliphatic carbocycles. The Morgan fingerprint density at radius 3 is 2.74 bits per heavy atom. The fourth-order valence-corrected chi connectivity index (χ4v) is 4.66. The van der Waals surface area contributed by atoms with E-state index in [2.05, 4.69) is 21.6 Å². The van der Waals surface area contributed by atoms with Crippen LogP contribution in [-0.4, -0.2) is 43.9 Å². The number of nitrogens with one attached hydrogen (secondary N) is 1. The Morgan fingerprint density at radius 2 is 2.15 bits per heavy atom. The highest BCUT2D eigenvalue weighted by Crippen LogP contribution is 2.35. The third-order valence-corrected chi connectivity index (χ3v) is 6.85. The van der Waals surface area contributed by atoms with Crippen molar-refractivity contribution in [3.05, 3.63) is 36.6 Å². The lowest BCUT2D eigenvalue weighted by atomic mass is 10.3. The zero-order valence-electron chi connectivity index (χ0n) is 14.1. The van der Waals surface area contributed by atoms with Crippen molar-refractivity contribution in [2.45, 2.75) is 16.8 Å². The summed E-state index contributed by atoms with van der Waals surface area (Å²) >= 11 is 0.790. The third-order valence-electron chi connectivity index (χ3n) is 3.42. The molecule has 0 saturated heterocycles. The van der Waals surface area contributed by atoms with Crippen LogP contribution in [0.3, 0.4) is 0 Å². The zero-order valence-corrected chi connectivity index (χ0v) is 15.7. The number of hydrogen-bond donors (Lipinski definition) is 1. The molecule has 27 heavy (non-hydrogen) atoms. The Morgan fingerprint density at radius 1 is 1.44 bits per heavy atom. The van der Waals surface area contributed by atoms with Crippen LogP contribution in [0, 0.1) is 0 Å². The van der Waals surface area contributed by atoms with Crippen LogP contribution in [0.2, 0.25) is 0 Å². The Kier molecular flexibility index (Phi) is 6.44. The topological polar surface area (TPSA) is 92.5 Å². The van der Waals surface area contributed by atoms with Gasteiger partial charge in [-0.25, -0.2) is 12.7 Å². The molecule has 0 atom stereocenters. The molecule has 2 heterocycles. The number of thiophene rings is 1. The smallest absolute Gasteiger partial charge is 0.353 e. The minimum Gasteiger partial charge on any atom is -0.353 e. The first kappa shape index (κ1) is 21.1. The van der Waals surface area contributed by atoms with Gasteiger partial charge < -0.3 is 9.84 Å². The van der Waals surface area contributed by atoms with Crippen molar-refractivity contribution in [1.29, 1.82) is 0 Å². The summed E-state index contributed by atoms with van der Waals surface area (Å²) in [6.07, 6.45) is -3.17. The second-order valence-electron chi connectivity index (χ2n) is 5.37. The molecule has 148 valence electrons. The fourth-order valence-electron chi connectivity index (χ4n) is 1.98. The number of hydrogen-bond acceptors (Lipinski definition) is 6. The molecule has 0 radical (unpaired) electrons. The van der Waals surface area contributed by atoms with Gasteiger partial charge in [0.15, 0.2) is 0 Å². The average molecular weight is 423 g/mol. The van der Waals surface area contributed by atoms with Gasteiger partial charge >= 0.3 is 6.18 Å². The summed E-state index contributed by atoms with van der Waals surface area (Å²) in [4.78, 5) is 11.3. The van der Waals surface area contributed by atoms with Crippen LogP contribution in [-0.2, 0) is 21.0 Å². The molecule has 0 aromatic carbocycles. The standard InChI is InChI=1S/C15H16F3N3O4S2/c1-3-13(22)19-7-4-8-21(2)27(23,24)14-6-5-11(26-14)10-9-12(25-20-10)15(16,17)18/h3,5-6,9H,1,4,7-8H2,2H3,(H,19,22). The molecule has 0 aliphatic heterocycles. The van der Waals surface area contributed by atoms with Crippen LogP contribution in [0.1, 0.15) is 12.2 Å². The molecule has 0 unspecified atom stereocenters. The van der Waals surface area contributed by atoms with Crippen molar-refractivity contribution in [2.75, 3.05) is 20.1 Å². The molecule has 0 bridgehead atoms. The molecule has 0 saturated carbocycles. The molecule has 0 spiro atoms. The maximum absolute atomic E-state index is 12.6. The number of carbonyl (C=O) groups is 1. The minimum absolute atomic E-state index is 0.0355. The van der Waals surface area contributed by atoms with Gasteiger partial charge in [-0.1, -0.05) is 11.7 Å². The fraction of sp³-hybridized carbons (Fsp3) is 0.333. The van der Waals surface area contributed by atoms with Crippen molar-refractivity contribution in [2.24, 2.45) is 0 Å². The van der Waals surface area contributed by atoms with Gasteiger partial charge in [-0.05, 0) is 24.6 Å². The summed E-state index contributed by atoms with van der Waals surface area (Å²) in [7, 11) is -2.44. The van der Waals surface area contributed by atoms with Crippen LogP contribution >= 0.6 is 11.3 Å². The first-order valence-corrected chi connectivity index (χ1v) is 9.82. The van der Waals surface area contributed by atoms with Gasteiger partial charge in [-0.2, -0.15) is 13.2 Å².